The van der Waals surface area contributed by atoms with Crippen molar-refractivity contribution in [3.8, 4) is 0 Å². The lowest BCUT2D eigenvalue weighted by Crippen LogP contribution is -2.62. The van der Waals surface area contributed by atoms with E-state index in [-0.39, 0.29) is 0 Å². The molecule has 6 aliphatic heterocycles. The lowest BCUT2D eigenvalue weighted by atomic mass is 9.71. The number of piperidine rings is 2. The van der Waals surface area contributed by atoms with Crippen LogP contribution in [0.1, 0.15) is 122 Å². The second-order valence-electron chi connectivity index (χ2n) is 18.4. The Hall–Kier alpha value is -0.240. The molecule has 6 aliphatic rings. The van der Waals surface area contributed by atoms with Crippen LogP contribution in [0.25, 0.3) is 0 Å². The molecule has 6 heteroatoms. The van der Waals surface area contributed by atoms with E-state index in [1.165, 1.54) is 117 Å². The second-order valence-corrected chi connectivity index (χ2v) is 18.4. The summed E-state index contributed by atoms with van der Waals surface area (Å²) in [6, 6.07) is 4.44. The van der Waals surface area contributed by atoms with Crippen molar-refractivity contribution in [2.75, 3.05) is 78.5 Å². The van der Waals surface area contributed by atoms with E-state index in [0.29, 0.717) is 16.2 Å². The summed E-state index contributed by atoms with van der Waals surface area (Å²) in [4.78, 5) is 15.8. The highest BCUT2D eigenvalue weighted by molar-refractivity contribution is 5.01. The normalized spacial score (nSPS) is 27.6. The molecule has 264 valence electrons. The van der Waals surface area contributed by atoms with Gasteiger partial charge in [0, 0.05) is 75.5 Å². The van der Waals surface area contributed by atoms with Crippen LogP contribution < -0.4 is 0 Å². The van der Waals surface area contributed by atoms with Crippen molar-refractivity contribution in [1.29, 1.82) is 0 Å². The van der Waals surface area contributed by atoms with Crippen LogP contribution in [0, 0.1) is 16.2 Å². The van der Waals surface area contributed by atoms with E-state index in [9.17, 15) is 0 Å². The lowest BCUT2D eigenvalue weighted by molar-refractivity contribution is -0.0662. The Balaban J connectivity index is 0.000000154. The fraction of sp³-hybridized carbons (Fsp3) is 1.00. The maximum atomic E-state index is 2.66. The van der Waals surface area contributed by atoms with Crippen molar-refractivity contribution in [2.24, 2.45) is 16.2 Å². The van der Waals surface area contributed by atoms with Crippen LogP contribution >= 0.6 is 0 Å². The molecule has 6 saturated heterocycles. The third-order valence-corrected chi connectivity index (χ3v) is 13.2. The number of hydrogen-bond acceptors (Lipinski definition) is 6. The van der Waals surface area contributed by atoms with Crippen LogP contribution in [-0.2, 0) is 0 Å². The highest BCUT2D eigenvalue weighted by Gasteiger charge is 2.47. The topological polar surface area (TPSA) is 19.4 Å². The zero-order valence-electron chi connectivity index (χ0n) is 32.4. The van der Waals surface area contributed by atoms with Crippen molar-refractivity contribution >= 4 is 0 Å². The van der Waals surface area contributed by atoms with Crippen LogP contribution in [0.5, 0.6) is 0 Å². The van der Waals surface area contributed by atoms with Gasteiger partial charge in [0.15, 0.2) is 0 Å². The monoisotopic (exact) mass is 631 g/mol. The van der Waals surface area contributed by atoms with Gasteiger partial charge in [-0.1, -0.05) is 0 Å². The van der Waals surface area contributed by atoms with Gasteiger partial charge in [-0.3, -0.25) is 9.80 Å². The molecule has 0 atom stereocenters. The number of likely N-dealkylation sites (tertiary alicyclic amines) is 6. The summed E-state index contributed by atoms with van der Waals surface area (Å²) in [6.45, 7) is 43.9. The van der Waals surface area contributed by atoms with E-state index < -0.39 is 0 Å². The minimum atomic E-state index is 0.647. The molecular weight excluding hydrogens is 552 g/mol. The number of nitrogens with zero attached hydrogens (tertiary/aromatic N) is 6. The third kappa shape index (κ3) is 9.47. The molecule has 3 spiro atoms. The molecule has 0 aromatic rings. The highest BCUT2D eigenvalue weighted by Crippen LogP contribution is 2.43. The third-order valence-electron chi connectivity index (χ3n) is 13.2. The molecule has 0 bridgehead atoms. The average Bonchev–Trinajstić information content (AvgIpc) is 3.58. The Labute approximate surface area is 281 Å². The smallest absolute Gasteiger partial charge is 0.00541 e. The molecule has 0 aromatic heterocycles. The van der Waals surface area contributed by atoms with Gasteiger partial charge in [-0.2, -0.15) is 0 Å². The molecule has 0 N–H and O–H groups in total. The van der Waals surface area contributed by atoms with E-state index in [4.69, 9.17) is 0 Å². The summed E-state index contributed by atoms with van der Waals surface area (Å²) in [5.41, 5.74) is 2.06. The van der Waals surface area contributed by atoms with Crippen LogP contribution in [0.4, 0.5) is 0 Å². The van der Waals surface area contributed by atoms with Gasteiger partial charge in [0.25, 0.3) is 0 Å². The van der Waals surface area contributed by atoms with E-state index in [1.807, 2.05) is 0 Å². The minimum Gasteiger partial charge on any atom is -0.301 e. The minimum absolute atomic E-state index is 0.647. The lowest BCUT2D eigenvalue weighted by Gasteiger charge is -2.56. The molecular formula is C39H78N6. The maximum absolute atomic E-state index is 2.66. The van der Waals surface area contributed by atoms with Gasteiger partial charge < -0.3 is 19.6 Å². The zero-order chi connectivity index (χ0) is 33.2. The van der Waals surface area contributed by atoms with Crippen LogP contribution in [0.15, 0.2) is 0 Å². The van der Waals surface area contributed by atoms with Crippen molar-refractivity contribution in [1.82, 2.24) is 29.4 Å². The van der Waals surface area contributed by atoms with Gasteiger partial charge in [-0.05, 0) is 177 Å². The summed E-state index contributed by atoms with van der Waals surface area (Å²) in [7, 11) is 0. The molecule has 6 nitrogen and oxygen atoms in total. The molecule has 0 aromatic carbocycles. The summed E-state index contributed by atoms with van der Waals surface area (Å²) in [5, 5.41) is 0. The van der Waals surface area contributed by atoms with Crippen molar-refractivity contribution in [3.63, 3.8) is 0 Å². The molecule has 45 heavy (non-hydrogen) atoms. The van der Waals surface area contributed by atoms with Crippen molar-refractivity contribution in [2.45, 2.75) is 158 Å². The Bertz CT molecular complexity index is 792. The predicted molar refractivity (Wildman–Crippen MR) is 195 cm³/mol. The second kappa shape index (κ2) is 15.5. The Morgan fingerprint density at radius 3 is 0.622 bits per heavy atom. The quantitative estimate of drug-likeness (QED) is 0.327. The largest absolute Gasteiger partial charge is 0.301 e. The number of rotatable bonds is 6. The van der Waals surface area contributed by atoms with Crippen LogP contribution in [-0.4, -0.2) is 144 Å². The van der Waals surface area contributed by atoms with Gasteiger partial charge in [-0.15, -0.1) is 0 Å². The molecule has 6 heterocycles. The Morgan fingerprint density at radius 1 is 0.267 bits per heavy atom. The molecule has 0 unspecified atom stereocenters. The first-order valence-corrected chi connectivity index (χ1v) is 19.5. The van der Waals surface area contributed by atoms with Gasteiger partial charge >= 0.3 is 0 Å². The molecule has 6 fully saturated rings. The highest BCUT2D eigenvalue weighted by atomic mass is 15.3. The van der Waals surface area contributed by atoms with Gasteiger partial charge in [0.1, 0.15) is 0 Å². The van der Waals surface area contributed by atoms with E-state index in [1.54, 1.807) is 0 Å². The first-order valence-electron chi connectivity index (χ1n) is 19.5. The first kappa shape index (κ1) is 37.6. The molecule has 0 amide bonds. The molecule has 6 rings (SSSR count). The van der Waals surface area contributed by atoms with E-state index in [0.717, 1.165) is 36.3 Å². The summed E-state index contributed by atoms with van der Waals surface area (Å²) in [6.07, 6.45) is 8.55. The zero-order valence-corrected chi connectivity index (χ0v) is 32.4. The summed E-state index contributed by atoms with van der Waals surface area (Å²) < 4.78 is 0. The summed E-state index contributed by atoms with van der Waals surface area (Å²) in [5.74, 6) is 0. The predicted octanol–water partition coefficient (Wildman–Crippen LogP) is 6.60. The van der Waals surface area contributed by atoms with E-state index >= 15 is 0 Å². The Kier molecular flexibility index (Phi) is 13.0. The Morgan fingerprint density at radius 2 is 0.444 bits per heavy atom. The molecule has 0 saturated carbocycles. The standard InChI is InChI=1S/3C13H26N2/c1-11(2)14-7-5-13(9-14)6-8-15(10-13)12(3)4;2*1-11(2)14-7-5-13(6-8-14)9-15(10-13)12(3)4/h3*11-12H,5-10H2,1-4H3. The summed E-state index contributed by atoms with van der Waals surface area (Å²) >= 11 is 0. The van der Waals surface area contributed by atoms with Gasteiger partial charge in [0.2, 0.25) is 0 Å². The van der Waals surface area contributed by atoms with Crippen LogP contribution in [0.3, 0.4) is 0 Å². The van der Waals surface area contributed by atoms with Crippen LogP contribution in [0.2, 0.25) is 0 Å². The van der Waals surface area contributed by atoms with Crippen molar-refractivity contribution < 1.29 is 0 Å². The molecule has 0 aliphatic carbocycles. The van der Waals surface area contributed by atoms with Gasteiger partial charge in [0.05, 0.1) is 0 Å². The maximum Gasteiger partial charge on any atom is 0.00541 e. The van der Waals surface area contributed by atoms with Gasteiger partial charge in [-0.25, -0.2) is 0 Å². The number of hydrogen-bond donors (Lipinski definition) is 0. The SMILES string of the molecule is CC(C)N1CCC2(CC1)CN(C(C)C)C2.CC(C)N1CCC2(CC1)CN(C(C)C)C2.CC(C)N1CCC2(CCN(C(C)C)C2)C1. The fourth-order valence-corrected chi connectivity index (χ4v) is 9.18. The first-order chi connectivity index (χ1) is 21.1. The van der Waals surface area contributed by atoms with Crippen molar-refractivity contribution in [3.05, 3.63) is 0 Å². The molecule has 0 radical (unpaired) electrons. The van der Waals surface area contributed by atoms with E-state index in [2.05, 4.69) is 112 Å². The fourth-order valence-electron chi connectivity index (χ4n) is 9.18. The average molecular weight is 631 g/mol.